The largest absolute Gasteiger partial charge is 0.444 e. The molecule has 1 N–H and O–H groups in total. The van der Waals surface area contributed by atoms with Crippen LogP contribution >= 0.6 is 0 Å². The summed E-state index contributed by atoms with van der Waals surface area (Å²) < 4.78 is 43.8. The van der Waals surface area contributed by atoms with Crippen molar-refractivity contribution in [3.05, 3.63) is 18.0 Å². The van der Waals surface area contributed by atoms with E-state index in [-0.39, 0.29) is 12.1 Å². The fourth-order valence-corrected chi connectivity index (χ4v) is 2.08. The molecule has 5 nitrogen and oxygen atoms in total. The Kier molecular flexibility index (Phi) is 3.90. The molecule has 1 amide bonds. The summed E-state index contributed by atoms with van der Waals surface area (Å²) in [5.74, 6) is 0. The summed E-state index contributed by atoms with van der Waals surface area (Å²) in [6.07, 6.45) is -2.00. The molecule has 1 aliphatic rings. The number of alkyl carbamates (subject to hydrolysis) is 1. The Morgan fingerprint density at radius 3 is 2.48 bits per heavy atom. The minimum absolute atomic E-state index is 0.0941. The lowest BCUT2D eigenvalue weighted by Crippen LogP contribution is -2.46. The van der Waals surface area contributed by atoms with E-state index in [0.717, 1.165) is 12.4 Å². The van der Waals surface area contributed by atoms with Crippen molar-refractivity contribution in [2.75, 3.05) is 0 Å². The number of nitrogens with one attached hydrogen (secondary N) is 1. The summed E-state index contributed by atoms with van der Waals surface area (Å²) >= 11 is 0. The number of hydrogen-bond acceptors (Lipinski definition) is 3. The lowest BCUT2D eigenvalue weighted by atomic mass is 9.87. The van der Waals surface area contributed by atoms with Gasteiger partial charge in [0.1, 0.15) is 5.60 Å². The van der Waals surface area contributed by atoms with Crippen LogP contribution in [0.3, 0.4) is 0 Å². The van der Waals surface area contributed by atoms with E-state index >= 15 is 0 Å². The Morgan fingerprint density at radius 1 is 1.38 bits per heavy atom. The Hall–Kier alpha value is -1.73. The number of nitrogens with zero attached hydrogens (tertiary/aromatic N) is 2. The maximum Gasteiger partial charge on any atom is 0.419 e. The summed E-state index contributed by atoms with van der Waals surface area (Å²) in [5, 5.41) is 6.42. The topological polar surface area (TPSA) is 56.1 Å². The molecular weight excluding hydrogens is 287 g/mol. The highest BCUT2D eigenvalue weighted by Gasteiger charge is 2.36. The number of carbonyl (C=O) groups is 1. The van der Waals surface area contributed by atoms with Crippen LogP contribution in [0.2, 0.25) is 0 Å². The van der Waals surface area contributed by atoms with Gasteiger partial charge in [-0.2, -0.15) is 18.3 Å². The van der Waals surface area contributed by atoms with E-state index < -0.39 is 23.4 Å². The van der Waals surface area contributed by atoms with Crippen molar-refractivity contribution < 1.29 is 22.7 Å². The molecule has 0 aromatic carbocycles. The monoisotopic (exact) mass is 305 g/mol. The third-order valence-corrected chi connectivity index (χ3v) is 3.14. The van der Waals surface area contributed by atoms with Gasteiger partial charge < -0.3 is 10.1 Å². The smallest absolute Gasteiger partial charge is 0.419 e. The second-order valence-corrected chi connectivity index (χ2v) is 6.18. The third kappa shape index (κ3) is 4.12. The van der Waals surface area contributed by atoms with Crippen LogP contribution in [-0.2, 0) is 10.9 Å². The first-order valence-corrected chi connectivity index (χ1v) is 6.65. The number of alkyl halides is 3. The lowest BCUT2D eigenvalue weighted by Gasteiger charge is -2.36. The summed E-state index contributed by atoms with van der Waals surface area (Å²) in [4.78, 5) is 11.5. The number of amides is 1. The van der Waals surface area contributed by atoms with Crippen molar-refractivity contribution in [1.82, 2.24) is 15.1 Å². The number of hydrogen-bond donors (Lipinski definition) is 1. The highest BCUT2D eigenvalue weighted by Crippen LogP contribution is 2.34. The average molecular weight is 305 g/mol. The van der Waals surface area contributed by atoms with Gasteiger partial charge in [0.2, 0.25) is 0 Å². The predicted molar refractivity (Wildman–Crippen MR) is 68.7 cm³/mol. The second kappa shape index (κ2) is 5.23. The van der Waals surface area contributed by atoms with Crippen molar-refractivity contribution in [1.29, 1.82) is 0 Å². The molecule has 1 fully saturated rings. The van der Waals surface area contributed by atoms with Crippen LogP contribution in [0.1, 0.15) is 45.2 Å². The van der Waals surface area contributed by atoms with Crippen LogP contribution in [-0.4, -0.2) is 27.5 Å². The molecule has 1 aliphatic carbocycles. The zero-order valence-electron chi connectivity index (χ0n) is 12.1. The Morgan fingerprint density at radius 2 is 2.00 bits per heavy atom. The molecule has 8 heteroatoms. The molecule has 0 atom stereocenters. The first kappa shape index (κ1) is 15.7. The molecule has 0 bridgehead atoms. The minimum atomic E-state index is -4.38. The molecule has 0 aliphatic heterocycles. The normalized spacial score (nSPS) is 22.6. The van der Waals surface area contributed by atoms with E-state index in [9.17, 15) is 18.0 Å². The molecule has 0 radical (unpaired) electrons. The number of ether oxygens (including phenoxy) is 1. The van der Waals surface area contributed by atoms with Gasteiger partial charge in [0, 0.05) is 12.2 Å². The van der Waals surface area contributed by atoms with Crippen molar-refractivity contribution >= 4 is 6.09 Å². The number of aromatic nitrogens is 2. The zero-order valence-corrected chi connectivity index (χ0v) is 12.1. The average Bonchev–Trinajstić information content (AvgIpc) is 2.68. The van der Waals surface area contributed by atoms with Gasteiger partial charge in [-0.1, -0.05) is 0 Å². The first-order chi connectivity index (χ1) is 9.54. The van der Waals surface area contributed by atoms with E-state index in [2.05, 4.69) is 10.4 Å². The Balaban J connectivity index is 1.82. The molecule has 118 valence electrons. The van der Waals surface area contributed by atoms with E-state index in [1.807, 2.05) is 0 Å². The minimum Gasteiger partial charge on any atom is -0.444 e. The Bertz CT molecular complexity index is 513. The Labute approximate surface area is 120 Å². The molecular formula is C13H18F3N3O2. The number of halogens is 3. The molecule has 0 unspecified atom stereocenters. The second-order valence-electron chi connectivity index (χ2n) is 6.18. The SMILES string of the molecule is CC(C)(C)OC(=O)N[C@H]1C[C@H](n2cc(C(F)(F)F)cn2)C1. The molecule has 1 aromatic heterocycles. The van der Waals surface area contributed by atoms with Gasteiger partial charge in [-0.3, -0.25) is 4.68 Å². The fourth-order valence-electron chi connectivity index (χ4n) is 2.08. The summed E-state index contributed by atoms with van der Waals surface area (Å²) in [5.41, 5.74) is -1.33. The summed E-state index contributed by atoms with van der Waals surface area (Å²) in [7, 11) is 0. The molecule has 1 saturated carbocycles. The van der Waals surface area contributed by atoms with Gasteiger partial charge in [-0.25, -0.2) is 4.79 Å². The van der Waals surface area contributed by atoms with Gasteiger partial charge in [0.15, 0.2) is 0 Å². The molecule has 2 rings (SSSR count). The van der Waals surface area contributed by atoms with Gasteiger partial charge in [-0.15, -0.1) is 0 Å². The van der Waals surface area contributed by atoms with Gasteiger partial charge in [0.25, 0.3) is 0 Å². The van der Waals surface area contributed by atoms with Gasteiger partial charge in [0.05, 0.1) is 17.8 Å². The van der Waals surface area contributed by atoms with E-state index in [1.165, 1.54) is 4.68 Å². The van der Waals surface area contributed by atoms with Crippen LogP contribution in [0.5, 0.6) is 0 Å². The highest BCUT2D eigenvalue weighted by molar-refractivity contribution is 5.68. The lowest BCUT2D eigenvalue weighted by molar-refractivity contribution is -0.137. The molecule has 21 heavy (non-hydrogen) atoms. The van der Waals surface area contributed by atoms with Gasteiger partial charge >= 0.3 is 12.3 Å². The highest BCUT2D eigenvalue weighted by atomic mass is 19.4. The quantitative estimate of drug-likeness (QED) is 0.913. The van der Waals surface area contributed by atoms with Gasteiger partial charge in [-0.05, 0) is 33.6 Å². The van der Waals surface area contributed by atoms with E-state index in [1.54, 1.807) is 20.8 Å². The molecule has 0 saturated heterocycles. The van der Waals surface area contributed by atoms with Crippen molar-refractivity contribution in [2.45, 2.75) is 57.5 Å². The maximum atomic E-state index is 12.5. The zero-order chi connectivity index (χ0) is 15.8. The fraction of sp³-hybridized carbons (Fsp3) is 0.692. The van der Waals surface area contributed by atoms with Crippen LogP contribution in [0.4, 0.5) is 18.0 Å². The predicted octanol–water partition coefficient (Wildman–Crippen LogP) is 3.13. The number of rotatable bonds is 2. The molecule has 1 heterocycles. The van der Waals surface area contributed by atoms with Crippen LogP contribution in [0.15, 0.2) is 12.4 Å². The maximum absolute atomic E-state index is 12.5. The summed E-state index contributed by atoms with van der Waals surface area (Å²) in [6.45, 7) is 5.29. The van der Waals surface area contributed by atoms with Crippen molar-refractivity contribution in [3.63, 3.8) is 0 Å². The van der Waals surface area contributed by atoms with Crippen molar-refractivity contribution in [2.24, 2.45) is 0 Å². The van der Waals surface area contributed by atoms with Crippen LogP contribution in [0, 0.1) is 0 Å². The number of carbonyl (C=O) groups excluding carboxylic acids is 1. The molecule has 1 aromatic rings. The summed E-state index contributed by atoms with van der Waals surface area (Å²) in [6, 6.07) is -0.218. The standard InChI is InChI=1S/C13H18F3N3O2/c1-12(2,3)21-11(20)18-9-4-10(5-9)19-7-8(6-17-19)13(14,15)16/h6-7,9-10H,4-5H2,1-3H3,(H,18,20)/t9-,10-. The van der Waals surface area contributed by atoms with Crippen molar-refractivity contribution in [3.8, 4) is 0 Å². The van der Waals surface area contributed by atoms with E-state index in [4.69, 9.17) is 4.74 Å². The van der Waals surface area contributed by atoms with Crippen LogP contribution in [0.25, 0.3) is 0 Å². The first-order valence-electron chi connectivity index (χ1n) is 6.65. The van der Waals surface area contributed by atoms with E-state index in [0.29, 0.717) is 12.8 Å². The molecule has 0 spiro atoms. The third-order valence-electron chi connectivity index (χ3n) is 3.14. The van der Waals surface area contributed by atoms with Crippen LogP contribution < -0.4 is 5.32 Å².